The van der Waals surface area contributed by atoms with E-state index in [9.17, 15) is 22.4 Å². The number of hydrogen-bond acceptors (Lipinski definition) is 4. The van der Waals surface area contributed by atoms with Gasteiger partial charge in [-0.25, -0.2) is 27.3 Å². The van der Waals surface area contributed by atoms with Crippen LogP contribution in [-0.4, -0.2) is 27.1 Å². The third kappa shape index (κ3) is 3.53. The van der Waals surface area contributed by atoms with E-state index in [0.29, 0.717) is 41.3 Å². The largest absolute Gasteiger partial charge is 0.354 e. The van der Waals surface area contributed by atoms with Gasteiger partial charge in [-0.3, -0.25) is 0 Å². The van der Waals surface area contributed by atoms with E-state index in [0.717, 1.165) is 6.20 Å². The van der Waals surface area contributed by atoms with Crippen molar-refractivity contribution >= 4 is 11.7 Å². The number of carbonyl (C=O) groups excluding carboxylic acids is 1. The molecule has 0 aliphatic carbocycles. The van der Waals surface area contributed by atoms with E-state index >= 15 is 0 Å². The van der Waals surface area contributed by atoms with Crippen molar-refractivity contribution in [1.29, 1.82) is 0 Å². The Labute approximate surface area is 162 Å². The zero-order valence-electron chi connectivity index (χ0n) is 15.0. The van der Waals surface area contributed by atoms with E-state index < -0.39 is 29.3 Å². The number of hydrogen-bond donors (Lipinski definition) is 1. The van der Waals surface area contributed by atoms with Crippen LogP contribution in [0.5, 0.6) is 0 Å². The summed E-state index contributed by atoms with van der Waals surface area (Å²) >= 11 is 0. The van der Waals surface area contributed by atoms with Crippen molar-refractivity contribution in [2.45, 2.75) is 25.9 Å². The molecule has 2 amide bonds. The average molecular weight is 406 g/mol. The molecule has 0 unspecified atom stereocenters. The smallest absolute Gasteiger partial charge is 0.322 e. The van der Waals surface area contributed by atoms with Crippen LogP contribution in [0.25, 0.3) is 11.5 Å². The van der Waals surface area contributed by atoms with Crippen LogP contribution < -0.4 is 5.32 Å². The number of fused-ring (bicyclic) bond motifs is 1. The van der Waals surface area contributed by atoms with Gasteiger partial charge < -0.3 is 14.7 Å². The summed E-state index contributed by atoms with van der Waals surface area (Å²) < 4.78 is 58.4. The van der Waals surface area contributed by atoms with Gasteiger partial charge in [0.25, 0.3) is 0 Å². The zero-order chi connectivity index (χ0) is 20.7. The quantitative estimate of drug-likeness (QED) is 0.510. The molecule has 150 valence electrons. The summed E-state index contributed by atoms with van der Waals surface area (Å²) in [6.07, 6.45) is 1.41. The number of urea groups is 1. The van der Waals surface area contributed by atoms with Gasteiger partial charge in [-0.2, -0.15) is 0 Å². The van der Waals surface area contributed by atoms with Crippen molar-refractivity contribution in [1.82, 2.24) is 15.0 Å². The number of amides is 2. The molecule has 3 heterocycles. The van der Waals surface area contributed by atoms with Gasteiger partial charge in [0.2, 0.25) is 0 Å². The summed E-state index contributed by atoms with van der Waals surface area (Å²) in [5, 5.41) is 6.37. The normalized spacial score (nSPS) is 15.9. The number of aromatic nitrogens is 2. The number of pyridine rings is 1. The molecule has 1 aromatic carbocycles. The molecular formula is C19H14F4N4O2. The van der Waals surface area contributed by atoms with Gasteiger partial charge in [0.1, 0.15) is 11.5 Å². The van der Waals surface area contributed by atoms with Crippen molar-refractivity contribution in [3.63, 3.8) is 0 Å². The van der Waals surface area contributed by atoms with Gasteiger partial charge in [0.05, 0.1) is 18.4 Å². The Morgan fingerprint density at radius 1 is 1.21 bits per heavy atom. The molecule has 1 aliphatic heterocycles. The zero-order valence-corrected chi connectivity index (χ0v) is 15.0. The second kappa shape index (κ2) is 7.19. The van der Waals surface area contributed by atoms with Crippen LogP contribution in [-0.2, 0) is 13.0 Å². The van der Waals surface area contributed by atoms with Crippen LogP contribution in [0.1, 0.15) is 18.2 Å². The standard InChI is InChI=1S/C19H14F4N4O2/c1-9-4-16-12(18(29-26-16)15-3-2-10(20)7-24-15)8-27(9)19(28)25-11-5-13(21)17(23)14(22)6-11/h2-3,5-7,9H,4,8H2,1H3,(H,25,28)/t9-/m0/s1. The summed E-state index contributed by atoms with van der Waals surface area (Å²) in [6.45, 7) is 1.87. The highest BCUT2D eigenvalue weighted by Gasteiger charge is 2.32. The molecule has 0 spiro atoms. The number of nitrogens with zero attached hydrogens (tertiary/aromatic N) is 3. The molecule has 1 atom stereocenters. The van der Waals surface area contributed by atoms with Crippen molar-refractivity contribution in [3.8, 4) is 11.5 Å². The Morgan fingerprint density at radius 2 is 1.93 bits per heavy atom. The molecule has 0 bridgehead atoms. The molecule has 0 saturated heterocycles. The van der Waals surface area contributed by atoms with Crippen molar-refractivity contribution < 1.29 is 26.9 Å². The summed E-state index contributed by atoms with van der Waals surface area (Å²) in [5.74, 6) is -4.62. The second-order valence-corrected chi connectivity index (χ2v) is 6.66. The molecular weight excluding hydrogens is 392 g/mol. The lowest BCUT2D eigenvalue weighted by molar-refractivity contribution is 0.182. The van der Waals surface area contributed by atoms with Crippen molar-refractivity contribution in [2.24, 2.45) is 0 Å². The highest BCUT2D eigenvalue weighted by molar-refractivity contribution is 5.89. The van der Waals surface area contributed by atoms with Crippen LogP contribution in [0.4, 0.5) is 28.0 Å². The summed E-state index contributed by atoms with van der Waals surface area (Å²) in [5.41, 5.74) is 1.39. The highest BCUT2D eigenvalue weighted by atomic mass is 19.2. The van der Waals surface area contributed by atoms with Gasteiger partial charge in [0.15, 0.2) is 23.2 Å². The van der Waals surface area contributed by atoms with Crippen LogP contribution in [0, 0.1) is 23.3 Å². The molecule has 0 saturated carbocycles. The molecule has 29 heavy (non-hydrogen) atoms. The van der Waals surface area contributed by atoms with Crippen LogP contribution in [0.3, 0.4) is 0 Å². The molecule has 1 N–H and O–H groups in total. The van der Waals surface area contributed by atoms with Crippen LogP contribution >= 0.6 is 0 Å². The van der Waals surface area contributed by atoms with Crippen LogP contribution in [0.2, 0.25) is 0 Å². The fourth-order valence-corrected chi connectivity index (χ4v) is 3.19. The maximum atomic E-state index is 13.4. The SMILES string of the molecule is C[C@H]1Cc2noc(-c3ccc(F)cn3)c2CN1C(=O)Nc1cc(F)c(F)c(F)c1. The van der Waals surface area contributed by atoms with Gasteiger partial charge in [0, 0.05) is 35.8 Å². The van der Waals surface area contributed by atoms with E-state index in [-0.39, 0.29) is 18.3 Å². The topological polar surface area (TPSA) is 71.3 Å². The number of rotatable bonds is 2. The Balaban J connectivity index is 1.59. The lowest BCUT2D eigenvalue weighted by Gasteiger charge is -2.32. The maximum absolute atomic E-state index is 13.4. The van der Waals surface area contributed by atoms with E-state index in [1.807, 2.05) is 0 Å². The number of nitrogens with one attached hydrogen (secondary N) is 1. The Kier molecular flexibility index (Phi) is 4.69. The summed E-state index contributed by atoms with van der Waals surface area (Å²) in [7, 11) is 0. The minimum atomic E-state index is -1.61. The predicted octanol–water partition coefficient (Wildman–Crippen LogP) is 4.27. The minimum absolute atomic E-state index is 0.0897. The van der Waals surface area contributed by atoms with E-state index in [1.165, 1.54) is 17.0 Å². The van der Waals surface area contributed by atoms with E-state index in [4.69, 9.17) is 4.52 Å². The first-order valence-corrected chi connectivity index (χ1v) is 8.65. The number of halogens is 4. The third-order valence-electron chi connectivity index (χ3n) is 4.67. The fourth-order valence-electron chi connectivity index (χ4n) is 3.19. The molecule has 10 heteroatoms. The first-order valence-electron chi connectivity index (χ1n) is 8.65. The first kappa shape index (κ1) is 18.9. The Bertz CT molecular complexity index is 1060. The van der Waals surface area contributed by atoms with E-state index in [1.54, 1.807) is 6.92 Å². The highest BCUT2D eigenvalue weighted by Crippen LogP contribution is 2.32. The third-order valence-corrected chi connectivity index (χ3v) is 4.67. The molecule has 2 aromatic heterocycles. The van der Waals surface area contributed by atoms with Gasteiger partial charge in [-0.05, 0) is 19.1 Å². The van der Waals surface area contributed by atoms with Gasteiger partial charge in [-0.1, -0.05) is 5.16 Å². The minimum Gasteiger partial charge on any atom is -0.354 e. The molecule has 1 aliphatic rings. The monoisotopic (exact) mass is 406 g/mol. The Morgan fingerprint density at radius 3 is 2.59 bits per heavy atom. The van der Waals surface area contributed by atoms with Crippen molar-refractivity contribution in [3.05, 3.63) is 65.0 Å². The van der Waals surface area contributed by atoms with Crippen LogP contribution in [0.15, 0.2) is 35.0 Å². The fraction of sp³-hybridized carbons (Fsp3) is 0.211. The number of benzene rings is 1. The molecule has 0 radical (unpaired) electrons. The lowest BCUT2D eigenvalue weighted by Crippen LogP contribution is -2.44. The maximum Gasteiger partial charge on any atom is 0.322 e. The second-order valence-electron chi connectivity index (χ2n) is 6.66. The molecule has 6 nitrogen and oxygen atoms in total. The first-order chi connectivity index (χ1) is 13.8. The number of carbonyl (C=O) groups is 1. The molecule has 0 fully saturated rings. The number of anilines is 1. The average Bonchev–Trinajstić information content (AvgIpc) is 3.08. The summed E-state index contributed by atoms with van der Waals surface area (Å²) in [6, 6.07) is 3.13. The Hall–Kier alpha value is -3.43. The van der Waals surface area contributed by atoms with E-state index in [2.05, 4.69) is 15.5 Å². The molecule has 4 rings (SSSR count). The van der Waals surface area contributed by atoms with Gasteiger partial charge >= 0.3 is 6.03 Å². The van der Waals surface area contributed by atoms with Crippen molar-refractivity contribution in [2.75, 3.05) is 5.32 Å². The van der Waals surface area contributed by atoms with Gasteiger partial charge in [-0.15, -0.1) is 0 Å². The lowest BCUT2D eigenvalue weighted by atomic mass is 9.99. The summed E-state index contributed by atoms with van der Waals surface area (Å²) in [4.78, 5) is 18.1. The molecule has 3 aromatic rings. The predicted molar refractivity (Wildman–Crippen MR) is 93.7 cm³/mol.